The Bertz CT molecular complexity index is 386. The van der Waals surface area contributed by atoms with Gasteiger partial charge in [-0.3, -0.25) is 4.79 Å². The van der Waals surface area contributed by atoms with Gasteiger partial charge in [-0.1, -0.05) is 0 Å². The first-order valence-corrected chi connectivity index (χ1v) is 6.21. The second kappa shape index (κ2) is 5.31. The highest BCUT2D eigenvalue weighted by atomic mass is 16.2. The van der Waals surface area contributed by atoms with Crippen LogP contribution >= 0.6 is 0 Å². The lowest BCUT2D eigenvalue weighted by molar-refractivity contribution is 0.0599. The number of amides is 1. The molecule has 17 heavy (non-hydrogen) atoms. The van der Waals surface area contributed by atoms with E-state index in [1.54, 1.807) is 17.1 Å². The van der Waals surface area contributed by atoms with Gasteiger partial charge in [0.15, 0.2) is 0 Å². The number of carbonyl (C=O) groups excluding carboxylic acids is 1. The number of piperidine rings is 1. The summed E-state index contributed by atoms with van der Waals surface area (Å²) in [5.41, 5.74) is 6.15. The molecule has 0 aliphatic carbocycles. The van der Waals surface area contributed by atoms with Crippen molar-refractivity contribution in [3.8, 4) is 0 Å². The molecule has 1 fully saturated rings. The molecule has 1 aromatic rings. The molecule has 0 saturated carbocycles. The molecule has 1 aromatic heterocycles. The minimum Gasteiger partial charge on any atom is -0.340 e. The number of likely N-dealkylation sites (tertiary alicyclic amines) is 1. The van der Waals surface area contributed by atoms with E-state index in [-0.39, 0.29) is 5.91 Å². The van der Waals surface area contributed by atoms with Gasteiger partial charge in [-0.2, -0.15) is 0 Å². The zero-order valence-electron chi connectivity index (χ0n) is 10.3. The van der Waals surface area contributed by atoms with Crippen molar-refractivity contribution in [2.75, 3.05) is 13.1 Å². The van der Waals surface area contributed by atoms with E-state index < -0.39 is 0 Å². The molecule has 1 aliphatic rings. The summed E-state index contributed by atoms with van der Waals surface area (Å²) in [6.45, 7) is 1.47. The van der Waals surface area contributed by atoms with Crippen LogP contribution in [0.4, 0.5) is 0 Å². The van der Waals surface area contributed by atoms with Crippen molar-refractivity contribution in [1.29, 1.82) is 0 Å². The third-order valence-corrected chi connectivity index (χ3v) is 3.31. The number of rotatable bonds is 3. The molecule has 2 rings (SSSR count). The maximum absolute atomic E-state index is 12.3. The van der Waals surface area contributed by atoms with E-state index in [9.17, 15) is 4.79 Å². The van der Waals surface area contributed by atoms with E-state index in [0.717, 1.165) is 25.8 Å². The Hall–Kier alpha value is -1.36. The van der Waals surface area contributed by atoms with Gasteiger partial charge in [0, 0.05) is 25.8 Å². The van der Waals surface area contributed by atoms with Gasteiger partial charge in [-0.15, -0.1) is 0 Å². The summed E-state index contributed by atoms with van der Waals surface area (Å²) in [4.78, 5) is 18.4. The van der Waals surface area contributed by atoms with Gasteiger partial charge < -0.3 is 15.2 Å². The monoisotopic (exact) mass is 236 g/mol. The van der Waals surface area contributed by atoms with Crippen molar-refractivity contribution < 1.29 is 4.79 Å². The fourth-order valence-electron chi connectivity index (χ4n) is 2.43. The first-order valence-electron chi connectivity index (χ1n) is 6.21. The summed E-state index contributed by atoms with van der Waals surface area (Å²) in [7, 11) is 1.87. The molecule has 0 bridgehead atoms. The van der Waals surface area contributed by atoms with Crippen LogP contribution in [0.3, 0.4) is 0 Å². The molecule has 0 spiro atoms. The first kappa shape index (κ1) is 12.1. The number of carbonyl (C=O) groups is 1. The maximum atomic E-state index is 12.3. The third kappa shape index (κ3) is 2.66. The molecule has 94 valence electrons. The Balaban J connectivity index is 2.10. The van der Waals surface area contributed by atoms with Crippen molar-refractivity contribution in [2.24, 2.45) is 12.8 Å². The van der Waals surface area contributed by atoms with Crippen LogP contribution in [0.1, 0.15) is 36.2 Å². The lowest BCUT2D eigenvalue weighted by atomic mass is 9.99. The SMILES string of the molecule is Cn1cnc(C(=O)N2CCCCC2CCN)c1. The zero-order chi connectivity index (χ0) is 12.3. The van der Waals surface area contributed by atoms with Crippen molar-refractivity contribution in [1.82, 2.24) is 14.5 Å². The third-order valence-electron chi connectivity index (χ3n) is 3.31. The molecule has 5 heteroatoms. The van der Waals surface area contributed by atoms with Gasteiger partial charge in [0.05, 0.1) is 6.33 Å². The lowest BCUT2D eigenvalue weighted by Gasteiger charge is -2.35. The summed E-state index contributed by atoms with van der Waals surface area (Å²) in [6.07, 6.45) is 7.66. The van der Waals surface area contributed by atoms with Crippen molar-refractivity contribution in [3.63, 3.8) is 0 Å². The Morgan fingerprint density at radius 2 is 2.41 bits per heavy atom. The zero-order valence-corrected chi connectivity index (χ0v) is 10.3. The van der Waals surface area contributed by atoms with Crippen LogP contribution in [0.15, 0.2) is 12.5 Å². The predicted molar refractivity (Wildman–Crippen MR) is 65.6 cm³/mol. The number of aromatic nitrogens is 2. The Labute approximate surface area is 102 Å². The van der Waals surface area contributed by atoms with Gasteiger partial charge in [0.25, 0.3) is 5.91 Å². The molecule has 2 N–H and O–H groups in total. The number of imidazole rings is 1. The topological polar surface area (TPSA) is 64.2 Å². The number of nitrogens with zero attached hydrogens (tertiary/aromatic N) is 3. The van der Waals surface area contributed by atoms with E-state index in [1.165, 1.54) is 6.42 Å². The molecule has 0 radical (unpaired) electrons. The van der Waals surface area contributed by atoms with E-state index in [0.29, 0.717) is 18.3 Å². The predicted octanol–water partition coefficient (Wildman–Crippen LogP) is 0.764. The van der Waals surface area contributed by atoms with Crippen molar-refractivity contribution >= 4 is 5.91 Å². The van der Waals surface area contributed by atoms with Gasteiger partial charge in [0.1, 0.15) is 5.69 Å². The van der Waals surface area contributed by atoms with Crippen LogP contribution in [-0.2, 0) is 7.05 Å². The molecular weight excluding hydrogens is 216 g/mol. The summed E-state index contributed by atoms with van der Waals surface area (Å²) in [6, 6.07) is 0.295. The molecule has 5 nitrogen and oxygen atoms in total. The van der Waals surface area contributed by atoms with Crippen LogP contribution < -0.4 is 5.73 Å². The summed E-state index contributed by atoms with van der Waals surface area (Å²) < 4.78 is 1.80. The van der Waals surface area contributed by atoms with Gasteiger partial charge >= 0.3 is 0 Å². The molecule has 1 atom stereocenters. The van der Waals surface area contributed by atoms with Crippen LogP contribution in [0.2, 0.25) is 0 Å². The quantitative estimate of drug-likeness (QED) is 0.843. The van der Waals surface area contributed by atoms with Gasteiger partial charge in [-0.25, -0.2) is 4.98 Å². The van der Waals surface area contributed by atoms with Crippen LogP contribution in [0.5, 0.6) is 0 Å². The van der Waals surface area contributed by atoms with E-state index in [2.05, 4.69) is 4.98 Å². The molecule has 2 heterocycles. The van der Waals surface area contributed by atoms with Gasteiger partial charge in [0.2, 0.25) is 0 Å². The Morgan fingerprint density at radius 3 is 3.06 bits per heavy atom. The van der Waals surface area contributed by atoms with E-state index >= 15 is 0 Å². The normalized spacial score (nSPS) is 20.6. The van der Waals surface area contributed by atoms with E-state index in [1.807, 2.05) is 11.9 Å². The average molecular weight is 236 g/mol. The smallest absolute Gasteiger partial charge is 0.274 e. The highest BCUT2D eigenvalue weighted by Gasteiger charge is 2.27. The number of hydrogen-bond acceptors (Lipinski definition) is 3. The fraction of sp³-hybridized carbons (Fsp3) is 0.667. The standard InChI is InChI=1S/C12H20N4O/c1-15-8-11(14-9-15)12(17)16-7-3-2-4-10(16)5-6-13/h8-10H,2-7,13H2,1H3. The molecule has 1 amide bonds. The Morgan fingerprint density at radius 1 is 1.59 bits per heavy atom. The Kier molecular flexibility index (Phi) is 3.78. The fourth-order valence-corrected chi connectivity index (χ4v) is 2.43. The van der Waals surface area contributed by atoms with E-state index in [4.69, 9.17) is 5.73 Å². The second-order valence-electron chi connectivity index (χ2n) is 4.65. The lowest BCUT2D eigenvalue weighted by Crippen LogP contribution is -2.44. The average Bonchev–Trinajstić information content (AvgIpc) is 2.76. The molecule has 1 unspecified atom stereocenters. The van der Waals surface area contributed by atoms with Crippen molar-refractivity contribution in [2.45, 2.75) is 31.7 Å². The minimum absolute atomic E-state index is 0.0451. The highest BCUT2D eigenvalue weighted by Crippen LogP contribution is 2.21. The molecule has 1 saturated heterocycles. The first-order chi connectivity index (χ1) is 8.22. The molecular formula is C12H20N4O. The molecule has 0 aromatic carbocycles. The number of aryl methyl sites for hydroxylation is 1. The number of hydrogen-bond donors (Lipinski definition) is 1. The highest BCUT2D eigenvalue weighted by molar-refractivity contribution is 5.92. The summed E-state index contributed by atoms with van der Waals surface area (Å²) in [5, 5.41) is 0. The summed E-state index contributed by atoms with van der Waals surface area (Å²) >= 11 is 0. The van der Waals surface area contributed by atoms with Crippen LogP contribution in [0.25, 0.3) is 0 Å². The molecule has 1 aliphatic heterocycles. The van der Waals surface area contributed by atoms with Gasteiger partial charge in [-0.05, 0) is 32.2 Å². The number of nitrogens with two attached hydrogens (primary N) is 1. The minimum atomic E-state index is 0.0451. The second-order valence-corrected chi connectivity index (χ2v) is 4.65. The summed E-state index contributed by atoms with van der Waals surface area (Å²) in [5.74, 6) is 0.0451. The van der Waals surface area contributed by atoms with Crippen molar-refractivity contribution in [3.05, 3.63) is 18.2 Å². The maximum Gasteiger partial charge on any atom is 0.274 e. The van der Waals surface area contributed by atoms with Crippen LogP contribution in [-0.4, -0.2) is 39.5 Å². The van der Waals surface area contributed by atoms with Crippen LogP contribution in [0, 0.1) is 0 Å². The largest absolute Gasteiger partial charge is 0.340 e.